The van der Waals surface area contributed by atoms with E-state index in [1.165, 1.54) is 5.56 Å². The number of nitrogens with two attached hydrogens (primary N) is 1. The summed E-state index contributed by atoms with van der Waals surface area (Å²) >= 11 is 1.66. The van der Waals surface area contributed by atoms with E-state index >= 15 is 0 Å². The number of hydrogen-bond acceptors (Lipinski definition) is 6. The van der Waals surface area contributed by atoms with Gasteiger partial charge in [-0.05, 0) is 23.9 Å². The van der Waals surface area contributed by atoms with Gasteiger partial charge in [0, 0.05) is 11.9 Å². The maximum absolute atomic E-state index is 5.72. The first-order valence-corrected chi connectivity index (χ1v) is 6.63. The molecular weight excluding hydrogens is 262 g/mol. The van der Waals surface area contributed by atoms with Gasteiger partial charge in [0.1, 0.15) is 6.61 Å². The van der Waals surface area contributed by atoms with E-state index in [4.69, 9.17) is 10.5 Å². The van der Waals surface area contributed by atoms with Crippen molar-refractivity contribution in [3.8, 4) is 5.88 Å². The fourth-order valence-electron chi connectivity index (χ4n) is 1.80. The Balaban J connectivity index is 1.92. The molecule has 0 aliphatic rings. The Morgan fingerprint density at radius 2 is 2.26 bits per heavy atom. The number of anilines is 1. The van der Waals surface area contributed by atoms with Gasteiger partial charge in [0.05, 0.1) is 6.33 Å². The van der Waals surface area contributed by atoms with Crippen molar-refractivity contribution < 1.29 is 4.74 Å². The number of ether oxygens (including phenoxy) is 1. The van der Waals surface area contributed by atoms with Crippen molar-refractivity contribution in [2.75, 3.05) is 5.73 Å². The molecule has 19 heavy (non-hydrogen) atoms. The monoisotopic (exact) mass is 275 g/mol. The molecule has 0 aromatic carbocycles. The molecule has 0 fully saturated rings. The van der Waals surface area contributed by atoms with Crippen LogP contribution in [0.2, 0.25) is 0 Å². The van der Waals surface area contributed by atoms with Crippen LogP contribution in [-0.2, 0) is 13.7 Å². The average Bonchev–Trinajstić information content (AvgIpc) is 2.94. The number of imidazole rings is 1. The van der Waals surface area contributed by atoms with Gasteiger partial charge >= 0.3 is 0 Å². The number of thiophene rings is 1. The van der Waals surface area contributed by atoms with Crippen molar-refractivity contribution >= 4 is 28.4 Å². The number of rotatable bonds is 3. The van der Waals surface area contributed by atoms with Crippen LogP contribution in [0.4, 0.5) is 5.95 Å². The van der Waals surface area contributed by atoms with Crippen molar-refractivity contribution in [3.63, 3.8) is 0 Å². The summed E-state index contributed by atoms with van der Waals surface area (Å²) in [5.41, 5.74) is 8.22. The van der Waals surface area contributed by atoms with E-state index in [0.717, 1.165) is 4.88 Å². The number of nitrogen functional groups attached to an aromatic ring is 1. The molecule has 3 rings (SSSR count). The third kappa shape index (κ3) is 2.24. The fourth-order valence-corrected chi connectivity index (χ4v) is 2.59. The van der Waals surface area contributed by atoms with Crippen LogP contribution < -0.4 is 10.5 Å². The Labute approximate surface area is 113 Å². The van der Waals surface area contributed by atoms with Crippen LogP contribution in [0.5, 0.6) is 5.88 Å². The van der Waals surface area contributed by atoms with Crippen molar-refractivity contribution in [2.24, 2.45) is 7.05 Å². The highest BCUT2D eigenvalue weighted by atomic mass is 32.1. The first kappa shape index (κ1) is 11.9. The summed E-state index contributed by atoms with van der Waals surface area (Å²) in [5.74, 6) is 0.614. The minimum atomic E-state index is 0.188. The fraction of sp³-hybridized carbons (Fsp3) is 0.250. The molecule has 0 saturated heterocycles. The van der Waals surface area contributed by atoms with E-state index in [1.54, 1.807) is 22.2 Å². The molecule has 6 nitrogen and oxygen atoms in total. The van der Waals surface area contributed by atoms with Gasteiger partial charge in [0.15, 0.2) is 11.2 Å². The van der Waals surface area contributed by atoms with Crippen LogP contribution in [-0.4, -0.2) is 19.5 Å². The molecule has 3 aromatic rings. The lowest BCUT2D eigenvalue weighted by Gasteiger charge is -2.05. The predicted octanol–water partition coefficient (Wildman–Crippen LogP) is 1.89. The SMILES string of the molecule is Cc1csc(COc2nc(N)nc3c2ncn3C)c1. The highest BCUT2D eigenvalue weighted by Crippen LogP contribution is 2.23. The normalized spacial score (nSPS) is 11.1. The Hall–Kier alpha value is -2.15. The molecule has 0 bridgehead atoms. The Morgan fingerprint density at radius 1 is 1.42 bits per heavy atom. The molecule has 0 unspecified atom stereocenters. The summed E-state index contributed by atoms with van der Waals surface area (Å²) in [5, 5.41) is 2.09. The number of fused-ring (bicyclic) bond motifs is 1. The number of hydrogen-bond donors (Lipinski definition) is 1. The summed E-state index contributed by atoms with van der Waals surface area (Å²) in [6, 6.07) is 2.09. The predicted molar refractivity (Wildman–Crippen MR) is 74.1 cm³/mol. The first-order valence-electron chi connectivity index (χ1n) is 5.75. The van der Waals surface area contributed by atoms with Crippen molar-refractivity contribution in [2.45, 2.75) is 13.5 Å². The van der Waals surface area contributed by atoms with Gasteiger partial charge in [-0.2, -0.15) is 9.97 Å². The third-order valence-electron chi connectivity index (χ3n) is 2.68. The van der Waals surface area contributed by atoms with E-state index in [1.807, 2.05) is 7.05 Å². The minimum absolute atomic E-state index is 0.188. The highest BCUT2D eigenvalue weighted by Gasteiger charge is 2.12. The largest absolute Gasteiger partial charge is 0.470 e. The summed E-state index contributed by atoms with van der Waals surface area (Å²) in [4.78, 5) is 13.6. The molecule has 3 aromatic heterocycles. The second kappa shape index (κ2) is 4.51. The Kier molecular flexibility index (Phi) is 2.83. The molecule has 0 amide bonds. The van der Waals surface area contributed by atoms with E-state index < -0.39 is 0 Å². The van der Waals surface area contributed by atoms with Crippen molar-refractivity contribution in [1.29, 1.82) is 0 Å². The lowest BCUT2D eigenvalue weighted by Crippen LogP contribution is -2.02. The summed E-state index contributed by atoms with van der Waals surface area (Å²) in [7, 11) is 1.86. The molecule has 0 atom stereocenters. The zero-order valence-corrected chi connectivity index (χ0v) is 11.4. The number of nitrogens with zero attached hydrogens (tertiary/aromatic N) is 4. The third-order valence-corrected chi connectivity index (χ3v) is 3.71. The van der Waals surface area contributed by atoms with Gasteiger partial charge in [0.2, 0.25) is 11.8 Å². The number of aromatic nitrogens is 4. The molecule has 2 N–H and O–H groups in total. The Morgan fingerprint density at radius 3 is 3.00 bits per heavy atom. The number of aryl methyl sites for hydroxylation is 2. The minimum Gasteiger partial charge on any atom is -0.470 e. The lowest BCUT2D eigenvalue weighted by atomic mass is 10.3. The molecular formula is C12H13N5OS. The summed E-state index contributed by atoms with van der Waals surface area (Å²) in [6.45, 7) is 2.51. The van der Waals surface area contributed by atoms with Gasteiger partial charge < -0.3 is 15.0 Å². The van der Waals surface area contributed by atoms with E-state index in [-0.39, 0.29) is 5.95 Å². The molecule has 0 aliphatic carbocycles. The van der Waals surface area contributed by atoms with Crippen LogP contribution in [0, 0.1) is 6.92 Å². The molecule has 98 valence electrons. The topological polar surface area (TPSA) is 78.8 Å². The smallest absolute Gasteiger partial charge is 0.247 e. The van der Waals surface area contributed by atoms with Crippen LogP contribution in [0.3, 0.4) is 0 Å². The first-order chi connectivity index (χ1) is 9.13. The van der Waals surface area contributed by atoms with Crippen LogP contribution in [0.1, 0.15) is 10.4 Å². The van der Waals surface area contributed by atoms with E-state index in [2.05, 4.69) is 33.3 Å². The maximum atomic E-state index is 5.72. The molecule has 0 radical (unpaired) electrons. The maximum Gasteiger partial charge on any atom is 0.247 e. The van der Waals surface area contributed by atoms with E-state index in [9.17, 15) is 0 Å². The van der Waals surface area contributed by atoms with Crippen LogP contribution >= 0.6 is 11.3 Å². The molecule has 0 spiro atoms. The van der Waals surface area contributed by atoms with Gasteiger partial charge in [0.25, 0.3) is 0 Å². The van der Waals surface area contributed by atoms with Crippen LogP contribution in [0.15, 0.2) is 17.8 Å². The average molecular weight is 275 g/mol. The van der Waals surface area contributed by atoms with Gasteiger partial charge in [-0.25, -0.2) is 4.98 Å². The second-order valence-corrected chi connectivity index (χ2v) is 5.29. The molecule has 3 heterocycles. The molecule has 7 heteroatoms. The zero-order chi connectivity index (χ0) is 13.4. The van der Waals surface area contributed by atoms with E-state index in [0.29, 0.717) is 23.7 Å². The van der Waals surface area contributed by atoms with Crippen LogP contribution in [0.25, 0.3) is 11.2 Å². The zero-order valence-electron chi connectivity index (χ0n) is 10.6. The standard InChI is InChI=1S/C12H13N5OS/c1-7-3-8(19-5-7)4-18-11-9-10(15-12(13)16-11)17(2)6-14-9/h3,5-6H,4H2,1-2H3,(H2,13,15,16). The Bertz CT molecular complexity index is 733. The van der Waals surface area contributed by atoms with Gasteiger partial charge in [-0.15, -0.1) is 11.3 Å². The molecule has 0 saturated carbocycles. The summed E-state index contributed by atoms with van der Waals surface area (Å²) in [6.07, 6.45) is 1.67. The van der Waals surface area contributed by atoms with Crippen molar-refractivity contribution in [3.05, 3.63) is 28.2 Å². The van der Waals surface area contributed by atoms with Gasteiger partial charge in [-0.3, -0.25) is 0 Å². The lowest BCUT2D eigenvalue weighted by molar-refractivity contribution is 0.301. The van der Waals surface area contributed by atoms with Crippen molar-refractivity contribution in [1.82, 2.24) is 19.5 Å². The molecule has 0 aliphatic heterocycles. The quantitative estimate of drug-likeness (QED) is 0.789. The van der Waals surface area contributed by atoms with Gasteiger partial charge in [-0.1, -0.05) is 0 Å². The second-order valence-electron chi connectivity index (χ2n) is 4.29. The highest BCUT2D eigenvalue weighted by molar-refractivity contribution is 7.10. The summed E-state index contributed by atoms with van der Waals surface area (Å²) < 4.78 is 7.50.